The highest BCUT2D eigenvalue weighted by atomic mass is 32.2. The van der Waals surface area contributed by atoms with Gasteiger partial charge in [-0.05, 0) is 19.1 Å². The molecule has 2 rings (SSSR count). The predicted octanol–water partition coefficient (Wildman–Crippen LogP) is 2.09. The van der Waals surface area contributed by atoms with E-state index in [0.29, 0.717) is 0 Å². The van der Waals surface area contributed by atoms with Crippen LogP contribution in [0.15, 0.2) is 29.2 Å². The zero-order chi connectivity index (χ0) is 15.3. The summed E-state index contributed by atoms with van der Waals surface area (Å²) in [5.74, 6) is -2.41. The van der Waals surface area contributed by atoms with Gasteiger partial charge in [-0.3, -0.25) is 4.79 Å². The van der Waals surface area contributed by atoms with E-state index in [9.17, 15) is 26.4 Å². The van der Waals surface area contributed by atoms with Crippen molar-refractivity contribution >= 4 is 15.9 Å². The molecule has 0 aliphatic carbocycles. The third kappa shape index (κ3) is 2.17. The van der Waals surface area contributed by atoms with Crippen LogP contribution in [-0.2, 0) is 14.8 Å². The summed E-state index contributed by atoms with van der Waals surface area (Å²) >= 11 is 0. The predicted molar refractivity (Wildman–Crippen MR) is 64.2 cm³/mol. The number of nitrogens with zero attached hydrogens (tertiary/aromatic N) is 1. The Morgan fingerprint density at radius 2 is 1.65 bits per heavy atom. The number of carbonyl (C=O) groups excluding carboxylic acids is 1. The minimum Gasteiger partial charge on any atom is -0.273 e. The van der Waals surface area contributed by atoms with E-state index in [2.05, 4.69) is 0 Å². The Morgan fingerprint density at radius 3 is 2.10 bits per heavy atom. The lowest BCUT2D eigenvalue weighted by Crippen LogP contribution is -2.67. The number of carbonyl (C=O) groups is 1. The van der Waals surface area contributed by atoms with Crippen LogP contribution in [0, 0.1) is 12.8 Å². The van der Waals surface area contributed by atoms with Gasteiger partial charge in [0.2, 0.25) is 5.91 Å². The fourth-order valence-corrected chi connectivity index (χ4v) is 3.81. The summed E-state index contributed by atoms with van der Waals surface area (Å²) in [5, 5.41) is 0. The Bertz CT molecular complexity index is 637. The molecule has 1 aromatic rings. The lowest BCUT2D eigenvalue weighted by molar-refractivity contribution is -0.212. The second-order valence-corrected chi connectivity index (χ2v) is 6.54. The van der Waals surface area contributed by atoms with Crippen LogP contribution >= 0.6 is 0 Å². The van der Waals surface area contributed by atoms with Crippen LogP contribution < -0.4 is 0 Å². The quantitative estimate of drug-likeness (QED) is 0.786. The molecule has 1 amide bonds. The van der Waals surface area contributed by atoms with Crippen molar-refractivity contribution in [1.29, 1.82) is 0 Å². The number of sulfonamides is 1. The molecule has 2 atom stereocenters. The van der Waals surface area contributed by atoms with Gasteiger partial charge in [-0.2, -0.15) is 13.2 Å². The highest BCUT2D eigenvalue weighted by Crippen LogP contribution is 2.42. The molecule has 1 fully saturated rings. The lowest BCUT2D eigenvalue weighted by Gasteiger charge is -2.44. The minimum atomic E-state index is -4.77. The minimum absolute atomic E-state index is 0.0671. The standard InChI is InChI=1S/C12H12F3NO3S/c1-7-3-5-9(6-4-7)20(18,19)16-10(12(13,14)15)8(2)11(16)17/h3-6,8,10H,1-2H3/t8-,10+/m1/s1. The largest absolute Gasteiger partial charge is 0.410 e. The molecular weight excluding hydrogens is 295 g/mol. The van der Waals surface area contributed by atoms with E-state index in [4.69, 9.17) is 0 Å². The fourth-order valence-electron chi connectivity index (χ4n) is 2.10. The second kappa shape index (κ2) is 4.47. The van der Waals surface area contributed by atoms with Gasteiger partial charge in [-0.15, -0.1) is 0 Å². The molecule has 1 aromatic carbocycles. The van der Waals surface area contributed by atoms with E-state index >= 15 is 0 Å². The molecule has 1 heterocycles. The van der Waals surface area contributed by atoms with Gasteiger partial charge in [-0.1, -0.05) is 24.6 Å². The Kier molecular flexibility index (Phi) is 3.32. The molecule has 0 aromatic heterocycles. The maximum absolute atomic E-state index is 12.8. The van der Waals surface area contributed by atoms with Gasteiger partial charge in [0.05, 0.1) is 10.8 Å². The molecule has 0 radical (unpaired) electrons. The zero-order valence-electron chi connectivity index (χ0n) is 10.7. The Morgan fingerprint density at radius 1 is 1.15 bits per heavy atom. The molecular formula is C12H12F3NO3S. The molecule has 1 aliphatic rings. The van der Waals surface area contributed by atoms with E-state index < -0.39 is 34.1 Å². The first-order valence-corrected chi connectivity index (χ1v) is 7.22. The van der Waals surface area contributed by atoms with Crippen molar-refractivity contribution in [2.24, 2.45) is 5.92 Å². The molecule has 0 N–H and O–H groups in total. The molecule has 110 valence electrons. The Labute approximate surface area is 114 Å². The molecule has 0 saturated carbocycles. The summed E-state index contributed by atoms with van der Waals surface area (Å²) in [7, 11) is -4.47. The average molecular weight is 307 g/mol. The van der Waals surface area contributed by atoms with Crippen molar-refractivity contribution in [3.63, 3.8) is 0 Å². The summed E-state index contributed by atoms with van der Waals surface area (Å²) < 4.78 is 62.7. The number of benzene rings is 1. The third-order valence-electron chi connectivity index (χ3n) is 3.25. The van der Waals surface area contributed by atoms with E-state index in [1.165, 1.54) is 24.3 Å². The first-order valence-electron chi connectivity index (χ1n) is 5.78. The SMILES string of the molecule is Cc1ccc(S(=O)(=O)N2C(=O)[C@H](C)[C@H]2C(F)(F)F)cc1. The van der Waals surface area contributed by atoms with Crippen molar-refractivity contribution in [1.82, 2.24) is 4.31 Å². The highest BCUT2D eigenvalue weighted by molar-refractivity contribution is 7.89. The third-order valence-corrected chi connectivity index (χ3v) is 5.04. The van der Waals surface area contributed by atoms with Gasteiger partial charge in [0.15, 0.2) is 6.04 Å². The number of β-lactam (4-membered cyclic amide) rings is 1. The summed E-state index contributed by atoms with van der Waals surface area (Å²) in [6.07, 6.45) is -4.77. The van der Waals surface area contributed by atoms with E-state index in [-0.39, 0.29) is 9.20 Å². The van der Waals surface area contributed by atoms with Crippen molar-refractivity contribution < 1.29 is 26.4 Å². The Balaban J connectivity index is 2.44. The van der Waals surface area contributed by atoms with E-state index in [1.54, 1.807) is 6.92 Å². The number of alkyl halides is 3. The van der Waals surface area contributed by atoms with Crippen LogP contribution in [0.3, 0.4) is 0 Å². The maximum atomic E-state index is 12.8. The van der Waals surface area contributed by atoms with Gasteiger partial charge in [0, 0.05) is 0 Å². The number of amides is 1. The van der Waals surface area contributed by atoms with Crippen LogP contribution in [-0.4, -0.2) is 30.8 Å². The number of halogens is 3. The van der Waals surface area contributed by atoms with E-state index in [0.717, 1.165) is 12.5 Å². The summed E-state index contributed by atoms with van der Waals surface area (Å²) in [6, 6.07) is 3.01. The maximum Gasteiger partial charge on any atom is 0.410 e. The van der Waals surface area contributed by atoms with Crippen molar-refractivity contribution in [2.75, 3.05) is 0 Å². The molecule has 0 spiro atoms. The van der Waals surface area contributed by atoms with Crippen LogP contribution in [0.2, 0.25) is 0 Å². The molecule has 20 heavy (non-hydrogen) atoms. The summed E-state index contributed by atoms with van der Waals surface area (Å²) in [6.45, 7) is 2.79. The van der Waals surface area contributed by atoms with Gasteiger partial charge in [0.1, 0.15) is 0 Å². The van der Waals surface area contributed by atoms with Crippen LogP contribution in [0.4, 0.5) is 13.2 Å². The van der Waals surface area contributed by atoms with E-state index in [1.807, 2.05) is 0 Å². The smallest absolute Gasteiger partial charge is 0.273 e. The average Bonchev–Trinajstić information content (AvgIpc) is 2.33. The highest BCUT2D eigenvalue weighted by Gasteiger charge is 2.63. The zero-order valence-corrected chi connectivity index (χ0v) is 11.5. The number of aryl methyl sites for hydroxylation is 1. The van der Waals surface area contributed by atoms with Crippen LogP contribution in [0.25, 0.3) is 0 Å². The fraction of sp³-hybridized carbons (Fsp3) is 0.417. The summed E-state index contributed by atoms with van der Waals surface area (Å²) in [4.78, 5) is 11.2. The molecule has 1 aliphatic heterocycles. The topological polar surface area (TPSA) is 54.5 Å². The number of hydrogen-bond donors (Lipinski definition) is 0. The number of hydrogen-bond acceptors (Lipinski definition) is 3. The second-order valence-electron chi connectivity index (χ2n) is 4.73. The monoisotopic (exact) mass is 307 g/mol. The van der Waals surface area contributed by atoms with Gasteiger partial charge >= 0.3 is 6.18 Å². The Hall–Kier alpha value is -1.57. The van der Waals surface area contributed by atoms with Crippen molar-refractivity contribution in [3.05, 3.63) is 29.8 Å². The molecule has 4 nitrogen and oxygen atoms in total. The van der Waals surface area contributed by atoms with Crippen LogP contribution in [0.1, 0.15) is 12.5 Å². The van der Waals surface area contributed by atoms with Crippen molar-refractivity contribution in [2.45, 2.75) is 31.0 Å². The van der Waals surface area contributed by atoms with Gasteiger partial charge in [0.25, 0.3) is 10.0 Å². The van der Waals surface area contributed by atoms with Gasteiger partial charge < -0.3 is 0 Å². The molecule has 0 bridgehead atoms. The molecule has 0 unspecified atom stereocenters. The first-order chi connectivity index (χ1) is 9.06. The van der Waals surface area contributed by atoms with Crippen molar-refractivity contribution in [3.8, 4) is 0 Å². The summed E-state index contributed by atoms with van der Waals surface area (Å²) in [5.41, 5.74) is 0.764. The first kappa shape index (κ1) is 14.8. The normalized spacial score (nSPS) is 23.6. The number of rotatable bonds is 2. The molecule has 8 heteroatoms. The van der Waals surface area contributed by atoms with Gasteiger partial charge in [-0.25, -0.2) is 12.7 Å². The lowest BCUT2D eigenvalue weighted by atomic mass is 9.92. The molecule has 1 saturated heterocycles. The van der Waals surface area contributed by atoms with Crippen LogP contribution in [0.5, 0.6) is 0 Å².